The molecule has 0 aliphatic rings. The summed E-state index contributed by atoms with van der Waals surface area (Å²) in [6.07, 6.45) is 1.35. The first-order chi connectivity index (χ1) is 17.4. The van der Waals surface area contributed by atoms with E-state index in [4.69, 9.17) is 4.74 Å². The Morgan fingerprint density at radius 2 is 1.61 bits per heavy atom. The zero-order chi connectivity index (χ0) is 25.9. The molecule has 0 spiro atoms. The summed E-state index contributed by atoms with van der Waals surface area (Å²) < 4.78 is 6.78. The van der Waals surface area contributed by atoms with Crippen LogP contribution in [0.5, 0.6) is 5.75 Å². The Balaban J connectivity index is 1.88. The summed E-state index contributed by atoms with van der Waals surface area (Å²) in [7, 11) is 0. The first-order valence-electron chi connectivity index (χ1n) is 12.4. The molecule has 0 saturated carbocycles. The molecule has 1 N–H and O–H groups in total. The Bertz CT molecular complexity index is 1120. The Labute approximate surface area is 223 Å². The van der Waals surface area contributed by atoms with Crippen LogP contribution >= 0.6 is 15.9 Å². The number of nitrogens with zero attached hydrogens (tertiary/aromatic N) is 1. The minimum absolute atomic E-state index is 0.151. The van der Waals surface area contributed by atoms with Gasteiger partial charge in [0, 0.05) is 24.0 Å². The van der Waals surface area contributed by atoms with Crippen LogP contribution in [0.2, 0.25) is 0 Å². The standard InChI is InChI=1S/C30H35BrN2O3/c1-4-23-13-15-27(16-14-23)36-21-29(34)33(20-25-11-8-12-26(31)17-25)28(30(35)32-19-22(2)3)18-24-9-6-5-7-10-24/h5-17,22,28H,4,18-21H2,1-3H3,(H,32,35)/t28-/m0/s1. The van der Waals surface area contributed by atoms with Gasteiger partial charge in [-0.05, 0) is 53.3 Å². The lowest BCUT2D eigenvalue weighted by molar-refractivity contribution is -0.142. The molecule has 3 aromatic carbocycles. The van der Waals surface area contributed by atoms with Gasteiger partial charge in [0.05, 0.1) is 0 Å². The molecule has 0 fully saturated rings. The lowest BCUT2D eigenvalue weighted by Gasteiger charge is -2.31. The van der Waals surface area contributed by atoms with E-state index in [9.17, 15) is 9.59 Å². The summed E-state index contributed by atoms with van der Waals surface area (Å²) in [6.45, 7) is 6.88. The number of benzene rings is 3. The van der Waals surface area contributed by atoms with Crippen LogP contribution in [-0.4, -0.2) is 35.9 Å². The number of aryl methyl sites for hydroxylation is 1. The molecule has 0 bridgehead atoms. The molecule has 6 heteroatoms. The highest BCUT2D eigenvalue weighted by Crippen LogP contribution is 2.19. The third-order valence-corrected chi connectivity index (χ3v) is 6.38. The van der Waals surface area contributed by atoms with Crippen molar-refractivity contribution in [1.82, 2.24) is 10.2 Å². The average molecular weight is 552 g/mol. The van der Waals surface area contributed by atoms with Gasteiger partial charge in [0.2, 0.25) is 5.91 Å². The number of carbonyl (C=O) groups excluding carboxylic acids is 2. The summed E-state index contributed by atoms with van der Waals surface area (Å²) in [4.78, 5) is 28.7. The third-order valence-electron chi connectivity index (χ3n) is 5.89. The molecule has 3 aromatic rings. The first kappa shape index (κ1) is 27.5. The molecule has 1 atom stereocenters. The lowest BCUT2D eigenvalue weighted by atomic mass is 10.0. The van der Waals surface area contributed by atoms with Crippen LogP contribution in [0.4, 0.5) is 0 Å². The fourth-order valence-corrected chi connectivity index (χ4v) is 4.30. The monoisotopic (exact) mass is 550 g/mol. The van der Waals surface area contributed by atoms with Crippen LogP contribution in [0.25, 0.3) is 0 Å². The van der Waals surface area contributed by atoms with Gasteiger partial charge in [-0.1, -0.05) is 91.3 Å². The maximum absolute atomic E-state index is 13.6. The van der Waals surface area contributed by atoms with E-state index in [1.807, 2.05) is 78.9 Å². The maximum atomic E-state index is 13.6. The number of hydrogen-bond acceptors (Lipinski definition) is 3. The summed E-state index contributed by atoms with van der Waals surface area (Å²) in [6, 6.07) is 24.7. The Morgan fingerprint density at radius 1 is 0.917 bits per heavy atom. The van der Waals surface area contributed by atoms with E-state index >= 15 is 0 Å². The van der Waals surface area contributed by atoms with E-state index < -0.39 is 6.04 Å². The molecule has 190 valence electrons. The zero-order valence-corrected chi connectivity index (χ0v) is 22.8. The molecule has 2 amide bonds. The number of amides is 2. The smallest absolute Gasteiger partial charge is 0.261 e. The van der Waals surface area contributed by atoms with Crippen molar-refractivity contribution in [3.63, 3.8) is 0 Å². The molecule has 3 rings (SSSR count). The Hall–Kier alpha value is -3.12. The van der Waals surface area contributed by atoms with Crippen molar-refractivity contribution in [2.45, 2.75) is 46.2 Å². The normalized spacial score (nSPS) is 11.7. The molecule has 0 aromatic heterocycles. The van der Waals surface area contributed by atoms with Crippen LogP contribution in [0.3, 0.4) is 0 Å². The second kappa shape index (κ2) is 13.8. The fourth-order valence-electron chi connectivity index (χ4n) is 3.86. The first-order valence-corrected chi connectivity index (χ1v) is 13.2. The third kappa shape index (κ3) is 8.52. The number of ether oxygens (including phenoxy) is 1. The van der Waals surface area contributed by atoms with E-state index in [2.05, 4.69) is 42.0 Å². The minimum atomic E-state index is -0.677. The quantitative estimate of drug-likeness (QED) is 0.310. The van der Waals surface area contributed by atoms with Crippen molar-refractivity contribution in [2.24, 2.45) is 5.92 Å². The van der Waals surface area contributed by atoms with E-state index in [1.54, 1.807) is 4.90 Å². The molecule has 0 saturated heterocycles. The topological polar surface area (TPSA) is 58.6 Å². The highest BCUT2D eigenvalue weighted by Gasteiger charge is 2.30. The van der Waals surface area contributed by atoms with Crippen LogP contribution in [0.15, 0.2) is 83.3 Å². The van der Waals surface area contributed by atoms with Crippen molar-refractivity contribution in [1.29, 1.82) is 0 Å². The number of rotatable bonds is 12. The molecule has 0 aliphatic carbocycles. The molecule has 0 unspecified atom stereocenters. The Morgan fingerprint density at radius 3 is 2.25 bits per heavy atom. The lowest BCUT2D eigenvalue weighted by Crippen LogP contribution is -2.52. The van der Waals surface area contributed by atoms with E-state index in [-0.39, 0.29) is 18.4 Å². The Kier molecular flexibility index (Phi) is 10.6. The van der Waals surface area contributed by atoms with E-state index in [0.717, 1.165) is 22.0 Å². The zero-order valence-electron chi connectivity index (χ0n) is 21.2. The van der Waals surface area contributed by atoms with Gasteiger partial charge in [0.25, 0.3) is 5.91 Å². The summed E-state index contributed by atoms with van der Waals surface area (Å²) >= 11 is 3.52. The van der Waals surface area contributed by atoms with Gasteiger partial charge in [-0.25, -0.2) is 0 Å². The van der Waals surface area contributed by atoms with Crippen LogP contribution in [0.1, 0.15) is 37.5 Å². The molecule has 36 heavy (non-hydrogen) atoms. The number of hydrogen-bond donors (Lipinski definition) is 1. The number of nitrogens with one attached hydrogen (secondary N) is 1. The highest BCUT2D eigenvalue weighted by molar-refractivity contribution is 9.10. The molecular formula is C30H35BrN2O3. The van der Waals surface area contributed by atoms with Gasteiger partial charge in [0.1, 0.15) is 11.8 Å². The largest absolute Gasteiger partial charge is 0.484 e. The van der Waals surface area contributed by atoms with Gasteiger partial charge in [-0.3, -0.25) is 9.59 Å². The predicted molar refractivity (Wildman–Crippen MR) is 148 cm³/mol. The average Bonchev–Trinajstić information content (AvgIpc) is 2.88. The van der Waals surface area contributed by atoms with Gasteiger partial charge >= 0.3 is 0 Å². The van der Waals surface area contributed by atoms with Gasteiger partial charge < -0.3 is 15.0 Å². The molecule has 0 radical (unpaired) electrons. The minimum Gasteiger partial charge on any atom is -0.484 e. The van der Waals surface area contributed by atoms with Crippen LogP contribution in [-0.2, 0) is 29.0 Å². The van der Waals surface area contributed by atoms with Gasteiger partial charge in [0.15, 0.2) is 6.61 Å². The summed E-state index contributed by atoms with van der Waals surface area (Å²) in [5.74, 6) is 0.528. The van der Waals surface area contributed by atoms with Crippen LogP contribution in [0, 0.1) is 5.92 Å². The van der Waals surface area contributed by atoms with Gasteiger partial charge in [-0.2, -0.15) is 0 Å². The maximum Gasteiger partial charge on any atom is 0.261 e. The molecule has 5 nitrogen and oxygen atoms in total. The fraction of sp³-hybridized carbons (Fsp3) is 0.333. The summed E-state index contributed by atoms with van der Waals surface area (Å²) in [5.41, 5.74) is 3.12. The second-order valence-electron chi connectivity index (χ2n) is 9.28. The number of halogens is 1. The number of carbonyl (C=O) groups is 2. The van der Waals surface area contributed by atoms with Crippen molar-refractivity contribution in [3.8, 4) is 5.75 Å². The molecule has 0 aliphatic heterocycles. The van der Waals surface area contributed by atoms with Crippen molar-refractivity contribution in [3.05, 3.63) is 100 Å². The molecule has 0 heterocycles. The SMILES string of the molecule is CCc1ccc(OCC(=O)N(Cc2cccc(Br)c2)[C@@H](Cc2ccccc2)C(=O)NCC(C)C)cc1. The van der Waals surface area contributed by atoms with Crippen molar-refractivity contribution >= 4 is 27.7 Å². The van der Waals surface area contributed by atoms with E-state index in [0.29, 0.717) is 31.2 Å². The van der Waals surface area contributed by atoms with Gasteiger partial charge in [-0.15, -0.1) is 0 Å². The van der Waals surface area contributed by atoms with E-state index in [1.165, 1.54) is 5.56 Å². The predicted octanol–water partition coefficient (Wildman–Crippen LogP) is 5.80. The van der Waals surface area contributed by atoms with Crippen LogP contribution < -0.4 is 10.1 Å². The van der Waals surface area contributed by atoms with Crippen molar-refractivity contribution in [2.75, 3.05) is 13.2 Å². The second-order valence-corrected chi connectivity index (χ2v) is 10.2. The van der Waals surface area contributed by atoms with Crippen molar-refractivity contribution < 1.29 is 14.3 Å². The molecular weight excluding hydrogens is 516 g/mol. The summed E-state index contributed by atoms with van der Waals surface area (Å²) in [5, 5.41) is 3.04. The highest BCUT2D eigenvalue weighted by atomic mass is 79.9.